The number of benzene rings is 2. The van der Waals surface area contributed by atoms with Crippen molar-refractivity contribution in [1.82, 2.24) is 4.31 Å². The normalized spacial score (nSPS) is 15.1. The molecule has 1 aliphatic rings. The first-order valence-electron chi connectivity index (χ1n) is 9.37. The van der Waals surface area contributed by atoms with Crippen LogP contribution in [-0.4, -0.2) is 38.3 Å². The lowest BCUT2D eigenvalue weighted by atomic mass is 10.2. The van der Waals surface area contributed by atoms with Crippen molar-refractivity contribution >= 4 is 21.6 Å². The van der Waals surface area contributed by atoms with Gasteiger partial charge in [-0.2, -0.15) is 4.31 Å². The summed E-state index contributed by atoms with van der Waals surface area (Å²) in [4.78, 5) is 12.1. The van der Waals surface area contributed by atoms with Gasteiger partial charge in [0, 0.05) is 13.1 Å². The van der Waals surface area contributed by atoms with Crippen LogP contribution < -0.4 is 10.1 Å². The molecule has 1 heterocycles. The number of ether oxygens (including phenoxy) is 1. The van der Waals surface area contributed by atoms with Crippen LogP contribution >= 0.6 is 0 Å². The average Bonchev–Trinajstić information content (AvgIpc) is 2.74. The highest BCUT2D eigenvalue weighted by molar-refractivity contribution is 7.89. The number of carbonyl (C=O) groups is 1. The smallest absolute Gasteiger partial charge is 0.262 e. The van der Waals surface area contributed by atoms with Gasteiger partial charge in [0.15, 0.2) is 24.1 Å². The Bertz CT molecular complexity index is 1050. The molecule has 2 aromatic rings. The van der Waals surface area contributed by atoms with E-state index < -0.39 is 45.7 Å². The highest BCUT2D eigenvalue weighted by Crippen LogP contribution is 2.26. The standard InChI is InChI=1S/C20H21F3N2O4S/c1-13-11-14(30(27,28)25-9-3-2-4-10-25)5-8-17(13)29-12-18(26)24-16-7-6-15(21)19(22)20(16)23/h5-8,11H,2-4,9-10,12H2,1H3,(H,24,26). The molecule has 1 N–H and O–H groups in total. The maximum atomic E-state index is 13.6. The molecule has 0 radical (unpaired) electrons. The monoisotopic (exact) mass is 442 g/mol. The summed E-state index contributed by atoms with van der Waals surface area (Å²) in [7, 11) is -3.59. The van der Waals surface area contributed by atoms with Crippen molar-refractivity contribution in [2.45, 2.75) is 31.1 Å². The zero-order chi connectivity index (χ0) is 21.9. The summed E-state index contributed by atoms with van der Waals surface area (Å²) in [5.41, 5.74) is -0.0120. The van der Waals surface area contributed by atoms with Crippen molar-refractivity contribution in [2.75, 3.05) is 25.0 Å². The zero-order valence-corrected chi connectivity index (χ0v) is 17.1. The van der Waals surface area contributed by atoms with Crippen molar-refractivity contribution in [1.29, 1.82) is 0 Å². The fourth-order valence-electron chi connectivity index (χ4n) is 3.15. The second kappa shape index (κ2) is 9.05. The van der Waals surface area contributed by atoms with Crippen LogP contribution in [0, 0.1) is 24.4 Å². The van der Waals surface area contributed by atoms with Gasteiger partial charge in [-0.05, 0) is 55.7 Å². The molecule has 6 nitrogen and oxygen atoms in total. The predicted molar refractivity (Wildman–Crippen MR) is 104 cm³/mol. The summed E-state index contributed by atoms with van der Waals surface area (Å²) >= 11 is 0. The van der Waals surface area contributed by atoms with E-state index in [2.05, 4.69) is 5.32 Å². The fourth-order valence-corrected chi connectivity index (χ4v) is 4.75. The van der Waals surface area contributed by atoms with Gasteiger partial charge in [-0.1, -0.05) is 6.42 Å². The molecule has 0 unspecified atom stereocenters. The van der Waals surface area contributed by atoms with Gasteiger partial charge >= 0.3 is 0 Å². The summed E-state index contributed by atoms with van der Waals surface area (Å²) in [6.07, 6.45) is 2.66. The minimum Gasteiger partial charge on any atom is -0.483 e. The van der Waals surface area contributed by atoms with Gasteiger partial charge in [0.05, 0.1) is 10.6 Å². The Labute approximate surface area is 172 Å². The van der Waals surface area contributed by atoms with Crippen molar-refractivity contribution in [3.63, 3.8) is 0 Å². The zero-order valence-electron chi connectivity index (χ0n) is 16.3. The molecule has 1 aliphatic heterocycles. The van der Waals surface area contributed by atoms with Gasteiger partial charge in [0.25, 0.3) is 5.91 Å². The van der Waals surface area contributed by atoms with E-state index in [1.165, 1.54) is 22.5 Å². The van der Waals surface area contributed by atoms with Gasteiger partial charge < -0.3 is 10.1 Å². The molecule has 0 atom stereocenters. The Morgan fingerprint density at radius 3 is 2.43 bits per heavy atom. The van der Waals surface area contributed by atoms with Gasteiger partial charge in [0.2, 0.25) is 10.0 Å². The highest BCUT2D eigenvalue weighted by atomic mass is 32.2. The molecule has 2 aromatic carbocycles. The van der Waals surface area contributed by atoms with E-state index in [9.17, 15) is 26.4 Å². The van der Waals surface area contributed by atoms with E-state index in [4.69, 9.17) is 4.74 Å². The van der Waals surface area contributed by atoms with Crippen LogP contribution in [0.1, 0.15) is 24.8 Å². The molecule has 3 rings (SSSR count). The number of anilines is 1. The maximum Gasteiger partial charge on any atom is 0.262 e. The number of sulfonamides is 1. The molecule has 0 saturated carbocycles. The number of nitrogens with zero attached hydrogens (tertiary/aromatic N) is 1. The molecule has 0 aliphatic carbocycles. The Kier molecular flexibility index (Phi) is 6.67. The second-order valence-corrected chi connectivity index (χ2v) is 8.89. The lowest BCUT2D eigenvalue weighted by molar-refractivity contribution is -0.118. The lowest BCUT2D eigenvalue weighted by Crippen LogP contribution is -2.35. The molecular weight excluding hydrogens is 421 g/mol. The number of rotatable bonds is 6. The van der Waals surface area contributed by atoms with Crippen LogP contribution in [-0.2, 0) is 14.8 Å². The van der Waals surface area contributed by atoms with E-state index in [-0.39, 0.29) is 10.6 Å². The number of nitrogens with one attached hydrogen (secondary N) is 1. The topological polar surface area (TPSA) is 75.7 Å². The average molecular weight is 442 g/mol. The van der Waals surface area contributed by atoms with E-state index in [1.54, 1.807) is 6.92 Å². The first-order valence-corrected chi connectivity index (χ1v) is 10.8. The Morgan fingerprint density at radius 2 is 1.77 bits per heavy atom. The van der Waals surface area contributed by atoms with Crippen molar-refractivity contribution in [3.8, 4) is 5.75 Å². The molecule has 0 aromatic heterocycles. The van der Waals surface area contributed by atoms with E-state index in [1.807, 2.05) is 0 Å². The molecule has 30 heavy (non-hydrogen) atoms. The summed E-state index contributed by atoms with van der Waals surface area (Å²) in [5, 5.41) is 2.10. The predicted octanol–water partition coefficient (Wildman–Crippen LogP) is 3.60. The summed E-state index contributed by atoms with van der Waals surface area (Å²) in [6.45, 7) is 2.08. The summed E-state index contributed by atoms with van der Waals surface area (Å²) in [6, 6.07) is 5.90. The third-order valence-electron chi connectivity index (χ3n) is 4.77. The van der Waals surface area contributed by atoms with Crippen LogP contribution in [0.3, 0.4) is 0 Å². The number of carbonyl (C=O) groups excluding carboxylic acids is 1. The van der Waals surface area contributed by atoms with Crippen molar-refractivity contribution in [2.24, 2.45) is 0 Å². The Morgan fingerprint density at radius 1 is 1.07 bits per heavy atom. The van der Waals surface area contributed by atoms with Crippen LogP contribution in [0.15, 0.2) is 35.2 Å². The van der Waals surface area contributed by atoms with Crippen molar-refractivity contribution in [3.05, 3.63) is 53.3 Å². The van der Waals surface area contributed by atoms with Gasteiger partial charge in [-0.3, -0.25) is 4.79 Å². The number of aryl methyl sites for hydroxylation is 1. The van der Waals surface area contributed by atoms with Gasteiger partial charge in [-0.15, -0.1) is 0 Å². The summed E-state index contributed by atoms with van der Waals surface area (Å²) in [5.74, 6) is -5.07. The number of amides is 1. The second-order valence-electron chi connectivity index (χ2n) is 6.95. The van der Waals surface area contributed by atoms with E-state index >= 15 is 0 Å². The minimum absolute atomic E-state index is 0.141. The molecule has 1 amide bonds. The third-order valence-corrected chi connectivity index (χ3v) is 6.66. The number of halogens is 3. The van der Waals surface area contributed by atoms with E-state index in [0.717, 1.165) is 25.3 Å². The largest absolute Gasteiger partial charge is 0.483 e. The molecular formula is C20H21F3N2O4S. The molecule has 10 heteroatoms. The minimum atomic E-state index is -3.59. The van der Waals surface area contributed by atoms with E-state index in [0.29, 0.717) is 24.7 Å². The van der Waals surface area contributed by atoms with Gasteiger partial charge in [0.1, 0.15) is 5.75 Å². The first-order chi connectivity index (χ1) is 14.2. The lowest BCUT2D eigenvalue weighted by Gasteiger charge is -2.26. The summed E-state index contributed by atoms with van der Waals surface area (Å²) < 4.78 is 72.1. The third kappa shape index (κ3) is 4.76. The van der Waals surface area contributed by atoms with Crippen molar-refractivity contribution < 1.29 is 31.1 Å². The molecule has 0 bridgehead atoms. The first kappa shape index (κ1) is 22.1. The Balaban J connectivity index is 1.65. The highest BCUT2D eigenvalue weighted by Gasteiger charge is 2.26. The molecule has 1 saturated heterocycles. The molecule has 162 valence electrons. The molecule has 0 spiro atoms. The van der Waals surface area contributed by atoms with Crippen LogP contribution in [0.2, 0.25) is 0 Å². The number of hydrogen-bond acceptors (Lipinski definition) is 4. The van der Waals surface area contributed by atoms with Crippen LogP contribution in [0.25, 0.3) is 0 Å². The van der Waals surface area contributed by atoms with Crippen LogP contribution in [0.5, 0.6) is 5.75 Å². The van der Waals surface area contributed by atoms with Crippen LogP contribution in [0.4, 0.5) is 18.9 Å². The number of hydrogen-bond donors (Lipinski definition) is 1. The fraction of sp³-hybridized carbons (Fsp3) is 0.350. The quantitative estimate of drug-likeness (QED) is 0.694. The Hall–Kier alpha value is -2.59. The SMILES string of the molecule is Cc1cc(S(=O)(=O)N2CCCCC2)ccc1OCC(=O)Nc1ccc(F)c(F)c1F. The van der Waals surface area contributed by atoms with Gasteiger partial charge in [-0.25, -0.2) is 21.6 Å². The molecule has 1 fully saturated rings. The maximum absolute atomic E-state index is 13.6. The number of piperidine rings is 1.